The maximum Gasteiger partial charge on any atom is 0.213 e. The molecule has 118 valence electrons. The van der Waals surface area contributed by atoms with Crippen molar-refractivity contribution in [3.8, 4) is 5.88 Å². The summed E-state index contributed by atoms with van der Waals surface area (Å²) in [5, 5.41) is 9.94. The van der Waals surface area contributed by atoms with Crippen LogP contribution in [0.25, 0.3) is 11.0 Å². The van der Waals surface area contributed by atoms with Gasteiger partial charge in [0.05, 0.1) is 24.2 Å². The van der Waals surface area contributed by atoms with Crippen molar-refractivity contribution in [3.05, 3.63) is 30.0 Å². The lowest BCUT2D eigenvalue weighted by molar-refractivity contribution is 0.121. The monoisotopic (exact) mass is 302 g/mol. The molecular formula is C16H22N4O2. The Morgan fingerprint density at radius 2 is 2.27 bits per heavy atom. The first-order chi connectivity index (χ1) is 10.7. The second-order valence-corrected chi connectivity index (χ2v) is 5.64. The summed E-state index contributed by atoms with van der Waals surface area (Å²) in [5.74, 6) is 0.596. The predicted molar refractivity (Wildman–Crippen MR) is 84.8 cm³/mol. The highest BCUT2D eigenvalue weighted by Crippen LogP contribution is 2.21. The standard InChI is InChI=1S/C16H22N4O2/c1-22-15-3-2-12-16(19-15)11(4-7-18-12)5-8-20-9-6-14(21)13(20)10-17/h2-4,7,13-14,21H,5-6,8-10,17H2,1H3. The molecule has 0 radical (unpaired) electrons. The smallest absolute Gasteiger partial charge is 0.213 e. The van der Waals surface area contributed by atoms with Crippen LogP contribution in [0.15, 0.2) is 24.4 Å². The topological polar surface area (TPSA) is 84.5 Å². The molecule has 1 aliphatic rings. The van der Waals surface area contributed by atoms with Gasteiger partial charge < -0.3 is 15.6 Å². The maximum atomic E-state index is 9.94. The van der Waals surface area contributed by atoms with Crippen LogP contribution in [0.4, 0.5) is 0 Å². The highest BCUT2D eigenvalue weighted by atomic mass is 16.5. The summed E-state index contributed by atoms with van der Waals surface area (Å²) in [6.45, 7) is 2.24. The zero-order valence-corrected chi connectivity index (χ0v) is 12.8. The van der Waals surface area contributed by atoms with Gasteiger partial charge in [-0.3, -0.25) is 9.88 Å². The fourth-order valence-corrected chi connectivity index (χ4v) is 3.12. The fourth-order valence-electron chi connectivity index (χ4n) is 3.12. The first kappa shape index (κ1) is 15.1. The highest BCUT2D eigenvalue weighted by Gasteiger charge is 2.31. The molecule has 1 saturated heterocycles. The van der Waals surface area contributed by atoms with Crippen molar-refractivity contribution in [2.24, 2.45) is 5.73 Å². The Kier molecular flexibility index (Phi) is 4.52. The van der Waals surface area contributed by atoms with Crippen molar-refractivity contribution in [2.75, 3.05) is 26.7 Å². The van der Waals surface area contributed by atoms with Gasteiger partial charge in [0.25, 0.3) is 0 Å². The third kappa shape index (κ3) is 2.90. The summed E-state index contributed by atoms with van der Waals surface area (Å²) >= 11 is 0. The van der Waals surface area contributed by atoms with Crippen LogP contribution in [-0.4, -0.2) is 58.9 Å². The molecule has 0 spiro atoms. The SMILES string of the molecule is COc1ccc2nccc(CCN3CCC(O)C3CN)c2n1. The molecule has 1 aliphatic heterocycles. The van der Waals surface area contributed by atoms with Crippen molar-refractivity contribution < 1.29 is 9.84 Å². The molecule has 1 fully saturated rings. The van der Waals surface area contributed by atoms with Gasteiger partial charge in [-0.15, -0.1) is 0 Å². The van der Waals surface area contributed by atoms with E-state index in [4.69, 9.17) is 10.5 Å². The molecule has 0 saturated carbocycles. The van der Waals surface area contributed by atoms with Gasteiger partial charge in [0.2, 0.25) is 5.88 Å². The zero-order valence-electron chi connectivity index (χ0n) is 12.8. The Labute approximate surface area is 129 Å². The summed E-state index contributed by atoms with van der Waals surface area (Å²) < 4.78 is 5.20. The number of hydrogen-bond donors (Lipinski definition) is 2. The molecule has 2 aromatic heterocycles. The molecule has 3 heterocycles. The third-order valence-corrected chi connectivity index (χ3v) is 4.39. The maximum absolute atomic E-state index is 9.94. The number of aliphatic hydroxyl groups excluding tert-OH is 1. The largest absolute Gasteiger partial charge is 0.481 e. The van der Waals surface area contributed by atoms with E-state index in [9.17, 15) is 5.11 Å². The molecule has 2 unspecified atom stereocenters. The number of pyridine rings is 2. The minimum absolute atomic E-state index is 0.0654. The van der Waals surface area contributed by atoms with Gasteiger partial charge in [-0.2, -0.15) is 0 Å². The Bertz CT molecular complexity index is 649. The Morgan fingerprint density at radius 1 is 1.41 bits per heavy atom. The molecular weight excluding hydrogens is 280 g/mol. The van der Waals surface area contributed by atoms with Gasteiger partial charge in [0.1, 0.15) is 0 Å². The normalized spacial score (nSPS) is 22.3. The Hall–Kier alpha value is -1.76. The molecule has 22 heavy (non-hydrogen) atoms. The molecule has 3 rings (SSSR count). The first-order valence-corrected chi connectivity index (χ1v) is 7.63. The average Bonchev–Trinajstić information content (AvgIpc) is 2.92. The van der Waals surface area contributed by atoms with Crippen LogP contribution in [0.5, 0.6) is 5.88 Å². The lowest BCUT2D eigenvalue weighted by Gasteiger charge is -2.24. The fraction of sp³-hybridized carbons (Fsp3) is 0.500. The van der Waals surface area contributed by atoms with E-state index in [0.29, 0.717) is 12.4 Å². The number of ether oxygens (including phenoxy) is 1. The molecule has 0 aliphatic carbocycles. The van der Waals surface area contributed by atoms with Gasteiger partial charge in [0.15, 0.2) is 0 Å². The molecule has 2 aromatic rings. The molecule has 0 aromatic carbocycles. The highest BCUT2D eigenvalue weighted by molar-refractivity contribution is 5.78. The predicted octanol–water partition coefficient (Wildman–Crippen LogP) is 0.575. The number of rotatable bonds is 5. The summed E-state index contributed by atoms with van der Waals surface area (Å²) in [5.41, 5.74) is 8.66. The second-order valence-electron chi connectivity index (χ2n) is 5.64. The van der Waals surface area contributed by atoms with Crippen LogP contribution in [0, 0.1) is 0 Å². The summed E-state index contributed by atoms with van der Waals surface area (Å²) in [4.78, 5) is 11.1. The quantitative estimate of drug-likeness (QED) is 0.840. The number of aliphatic hydroxyl groups is 1. The van der Waals surface area contributed by atoms with Crippen molar-refractivity contribution >= 4 is 11.0 Å². The number of fused-ring (bicyclic) bond motifs is 1. The van der Waals surface area contributed by atoms with E-state index >= 15 is 0 Å². The van der Waals surface area contributed by atoms with Crippen LogP contribution in [0.3, 0.4) is 0 Å². The summed E-state index contributed by atoms with van der Waals surface area (Å²) in [7, 11) is 1.61. The minimum atomic E-state index is -0.308. The lowest BCUT2D eigenvalue weighted by atomic mass is 10.1. The molecule has 6 nitrogen and oxygen atoms in total. The second kappa shape index (κ2) is 6.56. The number of nitrogens with two attached hydrogens (primary N) is 1. The molecule has 3 N–H and O–H groups in total. The van der Waals surface area contributed by atoms with Crippen molar-refractivity contribution in [1.29, 1.82) is 0 Å². The van der Waals surface area contributed by atoms with Crippen molar-refractivity contribution in [2.45, 2.75) is 25.0 Å². The van der Waals surface area contributed by atoms with E-state index in [1.165, 1.54) is 0 Å². The van der Waals surface area contributed by atoms with Gasteiger partial charge in [-0.1, -0.05) is 0 Å². The van der Waals surface area contributed by atoms with E-state index in [1.807, 2.05) is 24.4 Å². The van der Waals surface area contributed by atoms with Crippen LogP contribution < -0.4 is 10.5 Å². The van der Waals surface area contributed by atoms with E-state index in [-0.39, 0.29) is 12.1 Å². The number of aromatic nitrogens is 2. The number of hydrogen-bond acceptors (Lipinski definition) is 6. The number of likely N-dealkylation sites (tertiary alicyclic amines) is 1. The van der Waals surface area contributed by atoms with Gasteiger partial charge in [0, 0.05) is 37.9 Å². The summed E-state index contributed by atoms with van der Waals surface area (Å²) in [6.07, 6.45) is 3.15. The van der Waals surface area contributed by atoms with E-state index in [1.54, 1.807) is 7.11 Å². The van der Waals surface area contributed by atoms with Gasteiger partial charge >= 0.3 is 0 Å². The third-order valence-electron chi connectivity index (χ3n) is 4.39. The number of nitrogens with zero attached hydrogens (tertiary/aromatic N) is 3. The molecule has 0 bridgehead atoms. The zero-order chi connectivity index (χ0) is 15.5. The first-order valence-electron chi connectivity index (χ1n) is 7.63. The van der Waals surface area contributed by atoms with E-state index < -0.39 is 0 Å². The molecule has 6 heteroatoms. The van der Waals surface area contributed by atoms with Crippen LogP contribution in [0.1, 0.15) is 12.0 Å². The average molecular weight is 302 g/mol. The molecule has 2 atom stereocenters. The lowest BCUT2D eigenvalue weighted by Crippen LogP contribution is -2.42. The molecule has 0 amide bonds. The summed E-state index contributed by atoms with van der Waals surface area (Å²) in [6, 6.07) is 5.81. The van der Waals surface area contributed by atoms with E-state index in [0.717, 1.165) is 42.5 Å². The van der Waals surface area contributed by atoms with Gasteiger partial charge in [-0.05, 0) is 30.5 Å². The Balaban J connectivity index is 1.79. The van der Waals surface area contributed by atoms with Crippen molar-refractivity contribution in [3.63, 3.8) is 0 Å². The van der Waals surface area contributed by atoms with Crippen LogP contribution >= 0.6 is 0 Å². The van der Waals surface area contributed by atoms with E-state index in [2.05, 4.69) is 14.9 Å². The Morgan fingerprint density at radius 3 is 3.05 bits per heavy atom. The van der Waals surface area contributed by atoms with Crippen LogP contribution in [-0.2, 0) is 6.42 Å². The minimum Gasteiger partial charge on any atom is -0.481 e. The number of methoxy groups -OCH3 is 1. The van der Waals surface area contributed by atoms with Crippen molar-refractivity contribution in [1.82, 2.24) is 14.9 Å². The van der Waals surface area contributed by atoms with Crippen LogP contribution in [0.2, 0.25) is 0 Å². The van der Waals surface area contributed by atoms with Gasteiger partial charge in [-0.25, -0.2) is 4.98 Å².